The molecule has 1 heterocycles. The number of fused-ring (bicyclic) bond motifs is 1. The van der Waals surface area contributed by atoms with Gasteiger partial charge in [-0.2, -0.15) is 5.26 Å². The molecule has 1 N–H and O–H groups in total. The topological polar surface area (TPSA) is 65.8 Å². The maximum absolute atomic E-state index is 12.4. The molecule has 1 aromatic heterocycles. The number of nitriles is 1. The van der Waals surface area contributed by atoms with E-state index in [0.29, 0.717) is 22.3 Å². The molecule has 0 radical (unpaired) electrons. The quantitative estimate of drug-likeness (QED) is 0.808. The fourth-order valence-electron chi connectivity index (χ4n) is 3.62. The standard InChI is InChI=1S/C21H25N3OS/c1-13-8-9-15(3)20-17(13)10-16(11-22)21(24-20)26-12-19(25)23-18-7-5-4-6-14(18)2/h8-10,14,18H,4-7,12H2,1-3H3,(H,23,25)/t14-,18-/m0/s1. The van der Waals surface area contributed by atoms with Crippen LogP contribution in [-0.4, -0.2) is 22.7 Å². The number of nitrogens with one attached hydrogen (secondary N) is 1. The van der Waals surface area contributed by atoms with Crippen LogP contribution in [0.3, 0.4) is 0 Å². The van der Waals surface area contributed by atoms with Crippen LogP contribution < -0.4 is 5.32 Å². The number of carbonyl (C=O) groups excluding carboxylic acids is 1. The smallest absolute Gasteiger partial charge is 0.230 e. The minimum absolute atomic E-state index is 0.0282. The van der Waals surface area contributed by atoms with E-state index in [-0.39, 0.29) is 11.9 Å². The second-order valence-corrected chi connectivity index (χ2v) is 8.24. The maximum atomic E-state index is 12.4. The van der Waals surface area contributed by atoms with Crippen LogP contribution in [0.2, 0.25) is 0 Å². The zero-order valence-electron chi connectivity index (χ0n) is 15.6. The van der Waals surface area contributed by atoms with Crippen molar-refractivity contribution in [2.75, 3.05) is 5.75 Å². The molecular weight excluding hydrogens is 342 g/mol. The molecule has 1 saturated carbocycles. The highest BCUT2D eigenvalue weighted by molar-refractivity contribution is 8.00. The van der Waals surface area contributed by atoms with E-state index in [2.05, 4.69) is 18.3 Å². The summed E-state index contributed by atoms with van der Waals surface area (Å²) in [4.78, 5) is 17.1. The van der Waals surface area contributed by atoms with Crippen molar-refractivity contribution in [1.29, 1.82) is 5.26 Å². The van der Waals surface area contributed by atoms with E-state index in [4.69, 9.17) is 4.98 Å². The maximum Gasteiger partial charge on any atom is 0.230 e. The molecule has 4 nitrogen and oxygen atoms in total. The van der Waals surface area contributed by atoms with Gasteiger partial charge in [0.2, 0.25) is 5.91 Å². The Morgan fingerprint density at radius 2 is 2.04 bits per heavy atom. The van der Waals surface area contributed by atoms with Gasteiger partial charge in [-0.15, -0.1) is 0 Å². The molecule has 0 aliphatic heterocycles. The molecule has 1 aliphatic rings. The third kappa shape index (κ3) is 4.02. The molecule has 5 heteroatoms. The number of rotatable bonds is 4. The molecule has 0 bridgehead atoms. The van der Waals surface area contributed by atoms with Crippen LogP contribution >= 0.6 is 11.8 Å². The van der Waals surface area contributed by atoms with E-state index in [1.54, 1.807) is 0 Å². The third-order valence-electron chi connectivity index (χ3n) is 5.29. The zero-order chi connectivity index (χ0) is 18.7. The van der Waals surface area contributed by atoms with Crippen molar-refractivity contribution in [2.24, 2.45) is 5.92 Å². The Balaban J connectivity index is 1.75. The first-order valence-corrected chi connectivity index (χ1v) is 10.2. The Kier molecular flexibility index (Phi) is 5.83. The first-order chi connectivity index (χ1) is 12.5. The molecule has 26 heavy (non-hydrogen) atoms. The second-order valence-electron chi connectivity index (χ2n) is 7.27. The number of thioether (sulfide) groups is 1. The largest absolute Gasteiger partial charge is 0.352 e. The summed E-state index contributed by atoms with van der Waals surface area (Å²) in [6.07, 6.45) is 4.69. The summed E-state index contributed by atoms with van der Waals surface area (Å²) in [5.74, 6) is 0.860. The van der Waals surface area contributed by atoms with Gasteiger partial charge < -0.3 is 5.32 Å². The SMILES string of the molecule is Cc1ccc(C)c2nc(SCC(=O)N[C@H]3CCCC[C@@H]3C)c(C#N)cc12. The van der Waals surface area contributed by atoms with E-state index in [1.807, 2.05) is 32.0 Å². The molecule has 3 rings (SSSR count). The Morgan fingerprint density at radius 1 is 1.31 bits per heavy atom. The minimum atomic E-state index is 0.0282. The normalized spacial score (nSPS) is 19.9. The highest BCUT2D eigenvalue weighted by atomic mass is 32.2. The number of aromatic nitrogens is 1. The summed E-state index contributed by atoms with van der Waals surface area (Å²) in [5, 5.41) is 14.3. The van der Waals surface area contributed by atoms with Gasteiger partial charge in [0.05, 0.1) is 16.8 Å². The van der Waals surface area contributed by atoms with Crippen molar-refractivity contribution in [3.05, 3.63) is 34.9 Å². The summed E-state index contributed by atoms with van der Waals surface area (Å²) in [5.41, 5.74) is 3.63. The molecular formula is C21H25N3OS. The lowest BCUT2D eigenvalue weighted by atomic mass is 9.86. The Bertz CT molecular complexity index is 872. The van der Waals surface area contributed by atoms with Crippen LogP contribution in [0.1, 0.15) is 49.3 Å². The molecule has 1 aromatic carbocycles. The summed E-state index contributed by atoms with van der Waals surface area (Å²) in [7, 11) is 0. The molecule has 0 saturated heterocycles. The predicted molar refractivity (Wildman–Crippen MR) is 106 cm³/mol. The monoisotopic (exact) mass is 367 g/mol. The second kappa shape index (κ2) is 8.09. The first kappa shape index (κ1) is 18.7. The van der Waals surface area contributed by atoms with Crippen molar-refractivity contribution in [2.45, 2.75) is 57.5 Å². The zero-order valence-corrected chi connectivity index (χ0v) is 16.4. The molecule has 0 unspecified atom stereocenters. The fraction of sp³-hybridized carbons (Fsp3) is 0.476. The number of nitrogens with zero attached hydrogens (tertiary/aromatic N) is 2. The van der Waals surface area contributed by atoms with Gasteiger partial charge in [-0.1, -0.05) is 43.7 Å². The van der Waals surface area contributed by atoms with Crippen LogP contribution in [0.25, 0.3) is 10.9 Å². The number of hydrogen-bond donors (Lipinski definition) is 1. The van der Waals surface area contributed by atoms with Gasteiger partial charge in [-0.05, 0) is 49.8 Å². The van der Waals surface area contributed by atoms with E-state index >= 15 is 0 Å². The lowest BCUT2D eigenvalue weighted by Crippen LogP contribution is -2.41. The number of aryl methyl sites for hydroxylation is 2. The van der Waals surface area contributed by atoms with Gasteiger partial charge in [-0.25, -0.2) is 4.98 Å². The van der Waals surface area contributed by atoms with E-state index in [9.17, 15) is 10.1 Å². The average molecular weight is 368 g/mol. The third-order valence-corrected chi connectivity index (χ3v) is 6.28. The number of amides is 1. The average Bonchev–Trinajstić information content (AvgIpc) is 2.64. The van der Waals surface area contributed by atoms with Crippen molar-refractivity contribution >= 4 is 28.6 Å². The first-order valence-electron chi connectivity index (χ1n) is 9.23. The van der Waals surface area contributed by atoms with Crippen LogP contribution in [0, 0.1) is 31.1 Å². The van der Waals surface area contributed by atoms with E-state index in [0.717, 1.165) is 28.5 Å². The van der Waals surface area contributed by atoms with E-state index < -0.39 is 0 Å². The van der Waals surface area contributed by atoms with Gasteiger partial charge in [0, 0.05) is 11.4 Å². The van der Waals surface area contributed by atoms with Crippen molar-refractivity contribution in [1.82, 2.24) is 10.3 Å². The van der Waals surface area contributed by atoms with Crippen LogP contribution in [-0.2, 0) is 4.79 Å². The molecule has 2 atom stereocenters. The molecule has 2 aromatic rings. The van der Waals surface area contributed by atoms with Crippen LogP contribution in [0.4, 0.5) is 0 Å². The lowest BCUT2D eigenvalue weighted by Gasteiger charge is -2.29. The van der Waals surface area contributed by atoms with Gasteiger partial charge in [0.1, 0.15) is 11.1 Å². The summed E-state index contributed by atoms with van der Waals surface area (Å²) >= 11 is 1.35. The van der Waals surface area contributed by atoms with Gasteiger partial charge >= 0.3 is 0 Å². The molecule has 1 fully saturated rings. The number of benzene rings is 1. The summed E-state index contributed by atoms with van der Waals surface area (Å²) in [6.45, 7) is 6.25. The molecule has 0 spiro atoms. The van der Waals surface area contributed by atoms with E-state index in [1.165, 1.54) is 31.0 Å². The van der Waals surface area contributed by atoms with Gasteiger partial charge in [-0.3, -0.25) is 4.79 Å². The highest BCUT2D eigenvalue weighted by Crippen LogP contribution is 2.28. The lowest BCUT2D eigenvalue weighted by molar-refractivity contribution is -0.119. The Morgan fingerprint density at radius 3 is 2.77 bits per heavy atom. The number of carbonyl (C=O) groups is 1. The fourth-order valence-corrected chi connectivity index (χ4v) is 4.39. The van der Waals surface area contributed by atoms with Crippen LogP contribution in [0.5, 0.6) is 0 Å². The summed E-state index contributed by atoms with van der Waals surface area (Å²) in [6, 6.07) is 8.50. The Labute approximate surface area is 159 Å². The predicted octanol–water partition coefficient (Wildman–Crippen LogP) is 4.51. The molecule has 136 valence electrons. The van der Waals surface area contributed by atoms with Crippen molar-refractivity contribution < 1.29 is 4.79 Å². The van der Waals surface area contributed by atoms with Crippen LogP contribution in [0.15, 0.2) is 23.2 Å². The van der Waals surface area contributed by atoms with Crippen molar-refractivity contribution in [3.63, 3.8) is 0 Å². The highest BCUT2D eigenvalue weighted by Gasteiger charge is 2.23. The molecule has 1 amide bonds. The van der Waals surface area contributed by atoms with Gasteiger partial charge in [0.15, 0.2) is 0 Å². The number of hydrogen-bond acceptors (Lipinski definition) is 4. The Hall–Kier alpha value is -2.06. The van der Waals surface area contributed by atoms with Gasteiger partial charge in [0.25, 0.3) is 0 Å². The molecule has 1 aliphatic carbocycles. The summed E-state index contributed by atoms with van der Waals surface area (Å²) < 4.78 is 0. The minimum Gasteiger partial charge on any atom is -0.352 e. The number of pyridine rings is 1. The van der Waals surface area contributed by atoms with Crippen molar-refractivity contribution in [3.8, 4) is 6.07 Å².